The summed E-state index contributed by atoms with van der Waals surface area (Å²) >= 11 is 1.09. The molecule has 0 fully saturated rings. The molecular formula is C18H16F3N5O2S. The number of thioether (sulfide) groups is 1. The number of nitrogens with one attached hydrogen (secondary N) is 1. The van der Waals surface area contributed by atoms with Crippen LogP contribution < -0.4 is 10.9 Å². The second-order valence-electron chi connectivity index (χ2n) is 6.15. The molecule has 1 aromatic carbocycles. The van der Waals surface area contributed by atoms with Crippen molar-refractivity contribution < 1.29 is 18.0 Å². The lowest BCUT2D eigenvalue weighted by molar-refractivity contribution is -0.137. The van der Waals surface area contributed by atoms with Crippen molar-refractivity contribution in [1.29, 1.82) is 0 Å². The Balaban J connectivity index is 1.66. The Kier molecular flexibility index (Phi) is 5.78. The number of amides is 1. The fourth-order valence-electron chi connectivity index (χ4n) is 2.52. The fraction of sp³-hybridized carbons (Fsp3) is 0.222. The van der Waals surface area contributed by atoms with Crippen molar-refractivity contribution in [3.05, 3.63) is 58.5 Å². The minimum atomic E-state index is -4.48. The first-order chi connectivity index (χ1) is 13.6. The summed E-state index contributed by atoms with van der Waals surface area (Å²) < 4.78 is 41.3. The number of aryl methyl sites for hydroxylation is 1. The highest BCUT2D eigenvalue weighted by Gasteiger charge is 2.30. The predicted molar refractivity (Wildman–Crippen MR) is 102 cm³/mol. The molecule has 1 amide bonds. The van der Waals surface area contributed by atoms with E-state index in [0.29, 0.717) is 16.5 Å². The highest BCUT2D eigenvalue weighted by atomic mass is 32.2. The third kappa shape index (κ3) is 4.86. The van der Waals surface area contributed by atoms with E-state index < -0.39 is 17.6 Å². The molecule has 152 valence electrons. The summed E-state index contributed by atoms with van der Waals surface area (Å²) in [5, 5.41) is 11.0. The van der Waals surface area contributed by atoms with Crippen LogP contribution in [0.1, 0.15) is 5.56 Å². The number of halogens is 3. The van der Waals surface area contributed by atoms with Crippen LogP contribution >= 0.6 is 11.8 Å². The van der Waals surface area contributed by atoms with Gasteiger partial charge in [0.2, 0.25) is 11.5 Å². The molecule has 0 bridgehead atoms. The van der Waals surface area contributed by atoms with Gasteiger partial charge in [0.1, 0.15) is 0 Å². The molecule has 1 N–H and O–H groups in total. The number of benzene rings is 1. The Labute approximate surface area is 167 Å². The maximum atomic E-state index is 12.8. The van der Waals surface area contributed by atoms with Crippen LogP contribution in [0.25, 0.3) is 11.4 Å². The van der Waals surface area contributed by atoms with Crippen molar-refractivity contribution in [2.45, 2.75) is 11.3 Å². The van der Waals surface area contributed by atoms with Crippen molar-refractivity contribution in [3.8, 4) is 11.4 Å². The van der Waals surface area contributed by atoms with Crippen molar-refractivity contribution in [2.75, 3.05) is 11.1 Å². The lowest BCUT2D eigenvalue weighted by atomic mass is 10.2. The van der Waals surface area contributed by atoms with E-state index in [1.54, 1.807) is 30.9 Å². The first-order valence-corrected chi connectivity index (χ1v) is 9.30. The predicted octanol–water partition coefficient (Wildman–Crippen LogP) is 2.93. The molecule has 0 atom stereocenters. The van der Waals surface area contributed by atoms with Gasteiger partial charge in [0.05, 0.1) is 11.3 Å². The molecule has 0 aliphatic carbocycles. The number of hydrogen-bond donors (Lipinski definition) is 1. The van der Waals surface area contributed by atoms with Crippen LogP contribution in [0.5, 0.6) is 0 Å². The van der Waals surface area contributed by atoms with Gasteiger partial charge in [-0.25, -0.2) is 0 Å². The first kappa shape index (κ1) is 20.6. The van der Waals surface area contributed by atoms with Gasteiger partial charge in [-0.2, -0.15) is 13.2 Å². The zero-order chi connectivity index (χ0) is 21.2. The number of rotatable bonds is 5. The van der Waals surface area contributed by atoms with E-state index in [2.05, 4.69) is 15.5 Å². The number of carbonyl (C=O) groups is 1. The molecule has 0 saturated carbocycles. The second-order valence-corrected chi connectivity index (χ2v) is 7.09. The fourth-order valence-corrected chi connectivity index (χ4v) is 3.23. The molecular weight excluding hydrogens is 407 g/mol. The van der Waals surface area contributed by atoms with Crippen LogP contribution in [0.3, 0.4) is 0 Å². The van der Waals surface area contributed by atoms with Gasteiger partial charge in [0, 0.05) is 37.6 Å². The van der Waals surface area contributed by atoms with Crippen LogP contribution in [0.15, 0.2) is 52.5 Å². The minimum absolute atomic E-state index is 0.0600. The van der Waals surface area contributed by atoms with Gasteiger partial charge in [-0.05, 0) is 24.3 Å². The second kappa shape index (κ2) is 8.11. The Hall–Kier alpha value is -3.08. The van der Waals surface area contributed by atoms with Gasteiger partial charge >= 0.3 is 6.18 Å². The third-order valence-corrected chi connectivity index (χ3v) is 5.01. The third-order valence-electron chi connectivity index (χ3n) is 3.98. The minimum Gasteiger partial charge on any atom is -0.325 e. The number of anilines is 1. The Morgan fingerprint density at radius 1 is 1.17 bits per heavy atom. The van der Waals surface area contributed by atoms with Gasteiger partial charge < -0.3 is 14.5 Å². The van der Waals surface area contributed by atoms with Crippen LogP contribution in [-0.2, 0) is 25.1 Å². The van der Waals surface area contributed by atoms with Gasteiger partial charge in [-0.1, -0.05) is 17.8 Å². The monoisotopic (exact) mass is 423 g/mol. The molecule has 7 nitrogen and oxygen atoms in total. The molecule has 11 heteroatoms. The van der Waals surface area contributed by atoms with Gasteiger partial charge in [-0.3, -0.25) is 9.59 Å². The zero-order valence-corrected chi connectivity index (χ0v) is 16.2. The SMILES string of the molecule is Cn1c(SCC(=O)Nc2cccc(C(F)(F)F)c2)nnc1-c1ccc(=O)n(C)c1. The summed E-state index contributed by atoms with van der Waals surface area (Å²) in [4.78, 5) is 23.6. The molecule has 3 rings (SSSR count). The summed E-state index contributed by atoms with van der Waals surface area (Å²) in [6.07, 6.45) is -2.85. The number of hydrogen-bond acceptors (Lipinski definition) is 5. The van der Waals surface area contributed by atoms with E-state index >= 15 is 0 Å². The van der Waals surface area contributed by atoms with E-state index in [1.165, 1.54) is 22.8 Å². The van der Waals surface area contributed by atoms with Gasteiger partial charge in [-0.15, -0.1) is 10.2 Å². The molecule has 0 saturated heterocycles. The largest absolute Gasteiger partial charge is 0.416 e. The summed E-state index contributed by atoms with van der Waals surface area (Å²) in [5.74, 6) is -0.0162. The van der Waals surface area contributed by atoms with E-state index in [1.807, 2.05) is 0 Å². The molecule has 29 heavy (non-hydrogen) atoms. The molecule has 0 unspecified atom stereocenters. The van der Waals surface area contributed by atoms with Crippen LogP contribution in [-0.4, -0.2) is 31.0 Å². The molecule has 0 spiro atoms. The number of nitrogens with zero attached hydrogens (tertiary/aromatic N) is 4. The summed E-state index contributed by atoms with van der Waals surface area (Å²) in [6.45, 7) is 0. The summed E-state index contributed by atoms with van der Waals surface area (Å²) in [5.41, 5.74) is -0.244. The van der Waals surface area contributed by atoms with Crippen molar-refractivity contribution in [1.82, 2.24) is 19.3 Å². The smallest absolute Gasteiger partial charge is 0.325 e. The molecule has 0 radical (unpaired) electrons. The van der Waals surface area contributed by atoms with Crippen LogP contribution in [0.2, 0.25) is 0 Å². The van der Waals surface area contributed by atoms with Crippen LogP contribution in [0, 0.1) is 0 Å². The van der Waals surface area contributed by atoms with Gasteiger partial charge in [0.25, 0.3) is 0 Å². The molecule has 0 aliphatic rings. The Bertz CT molecular complexity index is 1110. The standard InChI is InChI=1S/C18H16F3N5O2S/c1-25-9-11(6-7-15(25)28)16-23-24-17(26(16)2)29-10-14(27)22-13-5-3-4-12(8-13)18(19,20)21/h3-9H,10H2,1-2H3,(H,22,27). The van der Waals surface area contributed by atoms with E-state index in [0.717, 1.165) is 23.9 Å². The van der Waals surface area contributed by atoms with E-state index in [-0.39, 0.29) is 17.0 Å². The topological polar surface area (TPSA) is 81.8 Å². The Morgan fingerprint density at radius 2 is 1.93 bits per heavy atom. The number of aromatic nitrogens is 4. The number of alkyl halides is 3. The summed E-state index contributed by atoms with van der Waals surface area (Å²) in [7, 11) is 3.34. The van der Waals surface area contributed by atoms with Crippen molar-refractivity contribution in [2.24, 2.45) is 14.1 Å². The zero-order valence-electron chi connectivity index (χ0n) is 15.4. The highest BCUT2D eigenvalue weighted by Crippen LogP contribution is 2.30. The van der Waals surface area contributed by atoms with Crippen molar-refractivity contribution in [3.63, 3.8) is 0 Å². The van der Waals surface area contributed by atoms with Crippen LogP contribution in [0.4, 0.5) is 18.9 Å². The average molecular weight is 423 g/mol. The molecule has 2 heterocycles. The van der Waals surface area contributed by atoms with E-state index in [9.17, 15) is 22.8 Å². The number of pyridine rings is 1. The maximum absolute atomic E-state index is 12.8. The average Bonchev–Trinajstić information content (AvgIpc) is 3.02. The highest BCUT2D eigenvalue weighted by molar-refractivity contribution is 7.99. The molecule has 3 aromatic rings. The summed E-state index contributed by atoms with van der Waals surface area (Å²) in [6, 6.07) is 7.47. The van der Waals surface area contributed by atoms with Crippen molar-refractivity contribution >= 4 is 23.4 Å². The lowest BCUT2D eigenvalue weighted by Crippen LogP contribution is -2.15. The lowest BCUT2D eigenvalue weighted by Gasteiger charge is -2.09. The molecule has 2 aromatic heterocycles. The number of carbonyl (C=O) groups excluding carboxylic acids is 1. The maximum Gasteiger partial charge on any atom is 0.416 e. The first-order valence-electron chi connectivity index (χ1n) is 8.31. The Morgan fingerprint density at radius 3 is 2.62 bits per heavy atom. The quantitative estimate of drug-likeness (QED) is 0.638. The normalized spacial score (nSPS) is 11.5. The van der Waals surface area contributed by atoms with Gasteiger partial charge in [0.15, 0.2) is 11.0 Å². The van der Waals surface area contributed by atoms with E-state index in [4.69, 9.17) is 0 Å². The molecule has 0 aliphatic heterocycles.